The molecule has 0 fully saturated rings. The number of nitrogens with one attached hydrogen (secondary N) is 1. The fourth-order valence-electron chi connectivity index (χ4n) is 4.06. The molecule has 5 rings (SSSR count). The van der Waals surface area contributed by atoms with Crippen LogP contribution in [0.3, 0.4) is 0 Å². The van der Waals surface area contributed by atoms with Crippen molar-refractivity contribution in [2.45, 2.75) is 37.2 Å². The van der Waals surface area contributed by atoms with Crippen LogP contribution in [0.1, 0.15) is 20.3 Å². The Kier molecular flexibility index (Phi) is 5.49. The molecule has 6 nitrogen and oxygen atoms in total. The van der Waals surface area contributed by atoms with Crippen molar-refractivity contribution >= 4 is 56.2 Å². The van der Waals surface area contributed by atoms with Gasteiger partial charge in [0.25, 0.3) is 0 Å². The zero-order chi connectivity index (χ0) is 22.1. The van der Waals surface area contributed by atoms with Crippen LogP contribution >= 0.6 is 11.8 Å². The molecule has 1 atom stereocenters. The molecule has 0 saturated heterocycles. The highest BCUT2D eigenvalue weighted by Gasteiger charge is 2.22. The van der Waals surface area contributed by atoms with Gasteiger partial charge in [0, 0.05) is 23.0 Å². The molecule has 1 amide bonds. The highest BCUT2D eigenvalue weighted by Crippen LogP contribution is 2.30. The Labute approximate surface area is 190 Å². The van der Waals surface area contributed by atoms with E-state index >= 15 is 0 Å². The molecular weight excluding hydrogens is 418 g/mol. The third-order valence-electron chi connectivity index (χ3n) is 5.63. The van der Waals surface area contributed by atoms with E-state index in [1.54, 1.807) is 0 Å². The van der Waals surface area contributed by atoms with Crippen LogP contribution in [0.5, 0.6) is 0 Å². The van der Waals surface area contributed by atoms with E-state index in [1.807, 2.05) is 67.6 Å². The molecule has 0 unspecified atom stereocenters. The lowest BCUT2D eigenvalue weighted by molar-refractivity contribution is -0.115. The first-order valence-corrected chi connectivity index (χ1v) is 11.6. The number of nitrogens with zero attached hydrogens (tertiary/aromatic N) is 4. The highest BCUT2D eigenvalue weighted by molar-refractivity contribution is 8.00. The second-order valence-electron chi connectivity index (χ2n) is 7.56. The van der Waals surface area contributed by atoms with Crippen LogP contribution in [-0.2, 0) is 11.3 Å². The molecule has 2 heterocycles. The van der Waals surface area contributed by atoms with Gasteiger partial charge >= 0.3 is 0 Å². The maximum absolute atomic E-state index is 13.1. The molecule has 0 aliphatic rings. The van der Waals surface area contributed by atoms with Gasteiger partial charge in [-0.1, -0.05) is 73.3 Å². The van der Waals surface area contributed by atoms with Crippen LogP contribution in [0.15, 0.2) is 71.9 Å². The second-order valence-corrected chi connectivity index (χ2v) is 8.73. The van der Waals surface area contributed by atoms with E-state index in [-0.39, 0.29) is 11.2 Å². The normalized spacial score (nSPS) is 12.4. The maximum Gasteiger partial charge on any atom is 0.237 e. The van der Waals surface area contributed by atoms with Crippen molar-refractivity contribution in [1.29, 1.82) is 0 Å². The van der Waals surface area contributed by atoms with Crippen LogP contribution in [-0.4, -0.2) is 30.9 Å². The minimum Gasteiger partial charge on any atom is -0.325 e. The minimum atomic E-state index is -0.326. The molecule has 0 spiro atoms. The monoisotopic (exact) mass is 441 g/mol. The summed E-state index contributed by atoms with van der Waals surface area (Å²) in [5, 5.41) is 15.2. The lowest BCUT2D eigenvalue weighted by Crippen LogP contribution is -2.25. The standard InChI is InChI=1S/C25H23N5OS/c1-3-21(24(31)26-19-14-9-11-16-10-5-6-12-17(16)19)32-25-27-23-22(28-29-25)18-13-7-8-15-20(18)30(23)4-2/h5-15,21H,3-4H2,1-2H3,(H,26,31)/t21-/m1/s1. The van der Waals surface area contributed by atoms with E-state index < -0.39 is 0 Å². The average molecular weight is 442 g/mol. The van der Waals surface area contributed by atoms with Crippen LogP contribution in [0, 0.1) is 0 Å². The molecule has 0 bridgehead atoms. The van der Waals surface area contributed by atoms with Crippen molar-refractivity contribution in [1.82, 2.24) is 19.7 Å². The van der Waals surface area contributed by atoms with E-state index in [0.29, 0.717) is 11.6 Å². The first kappa shape index (κ1) is 20.5. The van der Waals surface area contributed by atoms with E-state index in [0.717, 1.165) is 45.1 Å². The number of benzene rings is 3. The summed E-state index contributed by atoms with van der Waals surface area (Å²) in [5.74, 6) is -0.0615. The topological polar surface area (TPSA) is 72.7 Å². The van der Waals surface area contributed by atoms with Gasteiger partial charge < -0.3 is 9.88 Å². The number of carbonyl (C=O) groups is 1. The molecule has 0 aliphatic carbocycles. The van der Waals surface area contributed by atoms with Crippen molar-refractivity contribution < 1.29 is 4.79 Å². The average Bonchev–Trinajstić information content (AvgIpc) is 3.15. The third kappa shape index (κ3) is 3.58. The predicted molar refractivity (Wildman–Crippen MR) is 131 cm³/mol. The van der Waals surface area contributed by atoms with E-state index in [4.69, 9.17) is 4.98 Å². The Morgan fingerprint density at radius 3 is 2.53 bits per heavy atom. The smallest absolute Gasteiger partial charge is 0.237 e. The van der Waals surface area contributed by atoms with E-state index in [9.17, 15) is 4.79 Å². The number of fused-ring (bicyclic) bond motifs is 4. The van der Waals surface area contributed by atoms with Gasteiger partial charge in [0.1, 0.15) is 5.52 Å². The molecule has 0 radical (unpaired) electrons. The molecule has 0 saturated carbocycles. The molecule has 5 aromatic rings. The van der Waals surface area contributed by atoms with Gasteiger partial charge in [-0.25, -0.2) is 4.98 Å². The van der Waals surface area contributed by atoms with Gasteiger partial charge in [-0.15, -0.1) is 10.2 Å². The van der Waals surface area contributed by atoms with Crippen molar-refractivity contribution in [3.05, 3.63) is 66.7 Å². The number of aryl methyl sites for hydroxylation is 1. The van der Waals surface area contributed by atoms with Crippen molar-refractivity contribution in [2.75, 3.05) is 5.32 Å². The molecule has 1 N–H and O–H groups in total. The zero-order valence-corrected chi connectivity index (χ0v) is 18.8. The van der Waals surface area contributed by atoms with Gasteiger partial charge in [-0.3, -0.25) is 4.79 Å². The number of carbonyl (C=O) groups excluding carboxylic acids is 1. The Bertz CT molecular complexity index is 1440. The summed E-state index contributed by atoms with van der Waals surface area (Å²) in [6.45, 7) is 4.87. The Morgan fingerprint density at radius 1 is 0.969 bits per heavy atom. The molecule has 0 aliphatic heterocycles. The van der Waals surface area contributed by atoms with Crippen LogP contribution in [0.25, 0.3) is 32.8 Å². The van der Waals surface area contributed by atoms with Crippen LogP contribution < -0.4 is 5.32 Å². The fraction of sp³-hybridized carbons (Fsp3) is 0.200. The highest BCUT2D eigenvalue weighted by atomic mass is 32.2. The van der Waals surface area contributed by atoms with E-state index in [1.165, 1.54) is 11.8 Å². The molecule has 3 aromatic carbocycles. The number of anilines is 1. The summed E-state index contributed by atoms with van der Waals surface area (Å²) in [6.07, 6.45) is 0.652. The van der Waals surface area contributed by atoms with Crippen LogP contribution in [0.4, 0.5) is 5.69 Å². The quantitative estimate of drug-likeness (QED) is 0.344. The lowest BCUT2D eigenvalue weighted by atomic mass is 10.1. The Balaban J connectivity index is 1.44. The summed E-state index contributed by atoms with van der Waals surface area (Å²) in [6, 6.07) is 22.1. The third-order valence-corrected chi connectivity index (χ3v) is 6.84. The molecule has 7 heteroatoms. The van der Waals surface area contributed by atoms with E-state index in [2.05, 4.69) is 33.1 Å². The molecule has 160 valence electrons. The van der Waals surface area contributed by atoms with Gasteiger partial charge in [-0.05, 0) is 30.9 Å². The lowest BCUT2D eigenvalue weighted by Gasteiger charge is -2.15. The summed E-state index contributed by atoms with van der Waals surface area (Å²) >= 11 is 1.36. The first-order chi connectivity index (χ1) is 15.7. The number of para-hydroxylation sites is 1. The fourth-order valence-corrected chi connectivity index (χ4v) is 4.87. The number of hydrogen-bond acceptors (Lipinski definition) is 5. The molecular formula is C25H23N5OS. The predicted octanol–water partition coefficient (Wildman–Crippen LogP) is 5.66. The SMILES string of the molecule is CC[C@@H](Sc1nnc2c3ccccc3n(CC)c2n1)C(=O)Nc1cccc2ccccc12. The summed E-state index contributed by atoms with van der Waals surface area (Å²) < 4.78 is 2.14. The van der Waals surface area contributed by atoms with Gasteiger partial charge in [0.05, 0.1) is 10.8 Å². The number of thioether (sulfide) groups is 1. The Hall–Kier alpha value is -3.45. The summed E-state index contributed by atoms with van der Waals surface area (Å²) in [7, 11) is 0. The van der Waals surface area contributed by atoms with Crippen molar-refractivity contribution in [3.8, 4) is 0 Å². The number of aromatic nitrogens is 4. The summed E-state index contributed by atoms with van der Waals surface area (Å²) in [5.41, 5.74) is 3.50. The van der Waals surface area contributed by atoms with Crippen molar-refractivity contribution in [3.63, 3.8) is 0 Å². The maximum atomic E-state index is 13.1. The van der Waals surface area contributed by atoms with Crippen LogP contribution in [0.2, 0.25) is 0 Å². The second kappa shape index (κ2) is 8.59. The van der Waals surface area contributed by atoms with Gasteiger partial charge in [0.15, 0.2) is 5.65 Å². The summed E-state index contributed by atoms with van der Waals surface area (Å²) in [4.78, 5) is 17.9. The number of rotatable bonds is 6. The number of amides is 1. The first-order valence-electron chi connectivity index (χ1n) is 10.8. The Morgan fingerprint density at radius 2 is 1.72 bits per heavy atom. The zero-order valence-electron chi connectivity index (χ0n) is 17.9. The molecule has 2 aromatic heterocycles. The minimum absolute atomic E-state index is 0.0615. The number of hydrogen-bond donors (Lipinski definition) is 1. The van der Waals surface area contributed by atoms with Gasteiger partial charge in [-0.2, -0.15) is 0 Å². The molecule has 32 heavy (non-hydrogen) atoms. The van der Waals surface area contributed by atoms with Crippen molar-refractivity contribution in [2.24, 2.45) is 0 Å². The largest absolute Gasteiger partial charge is 0.325 e. The van der Waals surface area contributed by atoms with Gasteiger partial charge in [0.2, 0.25) is 11.1 Å².